The van der Waals surface area contributed by atoms with Crippen molar-refractivity contribution >= 4 is 5.91 Å². The third-order valence-electron chi connectivity index (χ3n) is 3.93. The van der Waals surface area contributed by atoms with Crippen LogP contribution in [0.2, 0.25) is 0 Å². The van der Waals surface area contributed by atoms with E-state index in [9.17, 15) is 4.79 Å². The number of nitrogens with two attached hydrogens (primary N) is 1. The monoisotopic (exact) mass is 262 g/mol. The lowest BCUT2D eigenvalue weighted by Gasteiger charge is -2.32. The Hall–Kier alpha value is -1.55. The van der Waals surface area contributed by atoms with E-state index >= 15 is 0 Å². The first-order valence-electron chi connectivity index (χ1n) is 6.79. The molecule has 4 nitrogen and oxygen atoms in total. The van der Waals surface area contributed by atoms with Gasteiger partial charge in [-0.3, -0.25) is 4.79 Å². The molecule has 1 heterocycles. The highest BCUT2D eigenvalue weighted by molar-refractivity contribution is 5.80. The number of amides is 1. The zero-order valence-electron chi connectivity index (χ0n) is 11.8. The van der Waals surface area contributed by atoms with Gasteiger partial charge in [0, 0.05) is 18.5 Å². The van der Waals surface area contributed by atoms with Crippen LogP contribution in [0.15, 0.2) is 24.3 Å². The second kappa shape index (κ2) is 5.61. The van der Waals surface area contributed by atoms with E-state index < -0.39 is 0 Å². The molecular weight excluding hydrogens is 240 g/mol. The van der Waals surface area contributed by atoms with E-state index in [4.69, 9.17) is 10.5 Å². The molecule has 0 aliphatic carbocycles. The van der Waals surface area contributed by atoms with Gasteiger partial charge in [-0.05, 0) is 31.0 Å². The molecule has 4 heteroatoms. The number of hydrogen-bond donors (Lipinski definition) is 1. The molecule has 1 aromatic carbocycles. The van der Waals surface area contributed by atoms with E-state index in [1.165, 1.54) is 0 Å². The normalized spacial score (nSPS) is 24.6. The molecule has 1 amide bonds. The van der Waals surface area contributed by atoms with Crippen LogP contribution in [0.25, 0.3) is 0 Å². The van der Waals surface area contributed by atoms with Gasteiger partial charge in [-0.1, -0.05) is 19.1 Å². The largest absolute Gasteiger partial charge is 0.497 e. The lowest BCUT2D eigenvalue weighted by atomic mass is 9.99. The van der Waals surface area contributed by atoms with Crippen LogP contribution in [-0.2, 0) is 4.79 Å². The molecule has 1 fully saturated rings. The van der Waals surface area contributed by atoms with Crippen LogP contribution in [0.4, 0.5) is 0 Å². The molecule has 1 aromatic rings. The second-order valence-electron chi connectivity index (χ2n) is 5.14. The highest BCUT2D eigenvalue weighted by atomic mass is 16.5. The van der Waals surface area contributed by atoms with Crippen molar-refractivity contribution in [1.29, 1.82) is 0 Å². The van der Waals surface area contributed by atoms with Crippen LogP contribution in [0.1, 0.15) is 38.3 Å². The molecule has 104 valence electrons. The van der Waals surface area contributed by atoms with Gasteiger partial charge < -0.3 is 15.4 Å². The highest BCUT2D eigenvalue weighted by Gasteiger charge is 2.40. The average molecular weight is 262 g/mol. The third kappa shape index (κ3) is 2.59. The Balaban J connectivity index is 2.30. The van der Waals surface area contributed by atoms with E-state index in [-0.39, 0.29) is 24.0 Å². The SMILES string of the molecule is CCC(C)N1C(=O)CC(N)C1c1ccc(OC)cc1. The molecule has 3 atom stereocenters. The molecule has 0 bridgehead atoms. The molecule has 2 N–H and O–H groups in total. The summed E-state index contributed by atoms with van der Waals surface area (Å²) in [7, 11) is 1.64. The summed E-state index contributed by atoms with van der Waals surface area (Å²) in [5.74, 6) is 0.972. The predicted octanol–water partition coefficient (Wildman–Crippen LogP) is 2.09. The van der Waals surface area contributed by atoms with Crippen LogP contribution in [0.5, 0.6) is 5.75 Å². The fourth-order valence-electron chi connectivity index (χ4n) is 2.71. The van der Waals surface area contributed by atoms with Gasteiger partial charge in [0.2, 0.25) is 5.91 Å². The minimum absolute atomic E-state index is 0.0200. The van der Waals surface area contributed by atoms with Crippen molar-refractivity contribution in [3.63, 3.8) is 0 Å². The molecule has 1 aliphatic rings. The maximum absolute atomic E-state index is 12.1. The van der Waals surface area contributed by atoms with Crippen molar-refractivity contribution < 1.29 is 9.53 Å². The number of ether oxygens (including phenoxy) is 1. The number of benzene rings is 1. The molecule has 0 spiro atoms. The first-order valence-corrected chi connectivity index (χ1v) is 6.79. The number of methoxy groups -OCH3 is 1. The fourth-order valence-corrected chi connectivity index (χ4v) is 2.71. The first-order chi connectivity index (χ1) is 9.08. The maximum Gasteiger partial charge on any atom is 0.225 e. The average Bonchev–Trinajstić information content (AvgIpc) is 2.72. The summed E-state index contributed by atoms with van der Waals surface area (Å²) in [6, 6.07) is 7.89. The van der Waals surface area contributed by atoms with Crippen molar-refractivity contribution in [1.82, 2.24) is 4.90 Å². The second-order valence-corrected chi connectivity index (χ2v) is 5.14. The van der Waals surface area contributed by atoms with Crippen LogP contribution < -0.4 is 10.5 Å². The van der Waals surface area contributed by atoms with Crippen molar-refractivity contribution in [2.24, 2.45) is 5.73 Å². The summed E-state index contributed by atoms with van der Waals surface area (Å²) >= 11 is 0. The van der Waals surface area contributed by atoms with E-state index in [0.29, 0.717) is 6.42 Å². The molecule has 3 unspecified atom stereocenters. The zero-order chi connectivity index (χ0) is 14.0. The topological polar surface area (TPSA) is 55.6 Å². The quantitative estimate of drug-likeness (QED) is 0.904. The minimum Gasteiger partial charge on any atom is -0.497 e. The number of hydrogen-bond acceptors (Lipinski definition) is 3. The molecular formula is C15H22N2O2. The smallest absolute Gasteiger partial charge is 0.225 e. The Labute approximate surface area is 114 Å². The summed E-state index contributed by atoms with van der Waals surface area (Å²) in [6.07, 6.45) is 1.37. The van der Waals surface area contributed by atoms with Crippen molar-refractivity contribution in [2.45, 2.75) is 44.8 Å². The van der Waals surface area contributed by atoms with E-state index in [1.54, 1.807) is 7.11 Å². The van der Waals surface area contributed by atoms with E-state index in [2.05, 4.69) is 13.8 Å². The summed E-state index contributed by atoms with van der Waals surface area (Å²) in [5, 5.41) is 0. The molecule has 1 aliphatic heterocycles. The van der Waals surface area contributed by atoms with Gasteiger partial charge >= 0.3 is 0 Å². The van der Waals surface area contributed by atoms with Crippen molar-refractivity contribution in [3.05, 3.63) is 29.8 Å². The third-order valence-corrected chi connectivity index (χ3v) is 3.93. The molecule has 0 radical (unpaired) electrons. The van der Waals surface area contributed by atoms with Crippen LogP contribution in [-0.4, -0.2) is 30.0 Å². The Morgan fingerprint density at radius 2 is 2.05 bits per heavy atom. The molecule has 1 saturated heterocycles. The lowest BCUT2D eigenvalue weighted by Crippen LogP contribution is -2.38. The predicted molar refractivity (Wildman–Crippen MR) is 74.9 cm³/mol. The molecule has 0 saturated carbocycles. The summed E-state index contributed by atoms with van der Waals surface area (Å²) < 4.78 is 5.16. The van der Waals surface area contributed by atoms with E-state index in [0.717, 1.165) is 17.7 Å². The summed E-state index contributed by atoms with van der Waals surface area (Å²) in [5.41, 5.74) is 7.24. The number of carbonyl (C=O) groups is 1. The number of carbonyl (C=O) groups excluding carboxylic acids is 1. The van der Waals surface area contributed by atoms with Gasteiger partial charge in [0.15, 0.2) is 0 Å². The first kappa shape index (κ1) is 13.9. The Kier molecular flexibility index (Phi) is 4.10. The Morgan fingerprint density at radius 1 is 1.42 bits per heavy atom. The molecule has 2 rings (SSSR count). The van der Waals surface area contributed by atoms with Gasteiger partial charge in [-0.2, -0.15) is 0 Å². The van der Waals surface area contributed by atoms with Crippen LogP contribution in [0, 0.1) is 0 Å². The van der Waals surface area contributed by atoms with Crippen LogP contribution >= 0.6 is 0 Å². The Bertz CT molecular complexity index is 444. The van der Waals surface area contributed by atoms with Gasteiger partial charge in [-0.25, -0.2) is 0 Å². The molecule has 19 heavy (non-hydrogen) atoms. The zero-order valence-corrected chi connectivity index (χ0v) is 11.8. The highest BCUT2D eigenvalue weighted by Crippen LogP contribution is 2.35. The van der Waals surface area contributed by atoms with Crippen LogP contribution in [0.3, 0.4) is 0 Å². The molecule has 0 aromatic heterocycles. The van der Waals surface area contributed by atoms with E-state index in [1.807, 2.05) is 29.2 Å². The fraction of sp³-hybridized carbons (Fsp3) is 0.533. The number of likely N-dealkylation sites (tertiary alicyclic amines) is 1. The summed E-state index contributed by atoms with van der Waals surface area (Å²) in [4.78, 5) is 14.1. The standard InChI is InChI=1S/C15H22N2O2/c1-4-10(2)17-14(18)9-13(16)15(17)11-5-7-12(19-3)8-6-11/h5-8,10,13,15H,4,9,16H2,1-3H3. The van der Waals surface area contributed by atoms with Gasteiger partial charge in [-0.15, -0.1) is 0 Å². The summed E-state index contributed by atoms with van der Waals surface area (Å²) in [6.45, 7) is 4.17. The van der Waals surface area contributed by atoms with Crippen molar-refractivity contribution in [3.8, 4) is 5.75 Å². The van der Waals surface area contributed by atoms with Crippen molar-refractivity contribution in [2.75, 3.05) is 7.11 Å². The Morgan fingerprint density at radius 3 is 2.58 bits per heavy atom. The maximum atomic E-state index is 12.1. The van der Waals surface area contributed by atoms with Gasteiger partial charge in [0.25, 0.3) is 0 Å². The number of nitrogens with zero attached hydrogens (tertiary/aromatic N) is 1. The minimum atomic E-state index is -0.130. The van der Waals surface area contributed by atoms with Gasteiger partial charge in [0.1, 0.15) is 5.75 Å². The lowest BCUT2D eigenvalue weighted by molar-refractivity contribution is -0.131. The van der Waals surface area contributed by atoms with Gasteiger partial charge in [0.05, 0.1) is 13.2 Å². The number of rotatable bonds is 4.